The van der Waals surface area contributed by atoms with E-state index < -0.39 is 0 Å². The molecule has 1 heterocycles. The summed E-state index contributed by atoms with van der Waals surface area (Å²) < 4.78 is 13.7. The van der Waals surface area contributed by atoms with E-state index in [9.17, 15) is 4.79 Å². The normalized spacial score (nSPS) is 11.0. The molecule has 3 aromatic rings. The number of benzene rings is 2. The molecular weight excluding hydrogens is 531 g/mol. The third-order valence-electron chi connectivity index (χ3n) is 4.49. The Kier molecular flexibility index (Phi) is 7.55. The Balaban J connectivity index is 1.70. The maximum Gasteiger partial charge on any atom is 0.292 e. The van der Waals surface area contributed by atoms with Crippen molar-refractivity contribution >= 4 is 46.3 Å². The molecule has 9 heteroatoms. The summed E-state index contributed by atoms with van der Waals surface area (Å²) in [6.07, 6.45) is 3.33. The lowest BCUT2D eigenvalue weighted by molar-refractivity contribution is 0.0948. The van der Waals surface area contributed by atoms with Crippen LogP contribution in [0.4, 0.5) is 0 Å². The standard InChI is InChI=1S/C22H22ClIN4O3/c1-13-7-17(8-14(2)20(13)23)31-12-16-9-15(5-6-19(16)30-4)10-25-26-22(29)21-18(24)11-28(3)27-21/h5-11H,12H2,1-4H3,(H,26,29)/b25-10-. The smallest absolute Gasteiger partial charge is 0.292 e. The monoisotopic (exact) mass is 552 g/mol. The van der Waals surface area contributed by atoms with Crippen LogP contribution in [-0.2, 0) is 13.7 Å². The number of aromatic nitrogens is 2. The molecule has 0 saturated heterocycles. The SMILES string of the molecule is COc1ccc(/C=N\NC(=O)c2nn(C)cc2I)cc1COc1cc(C)c(Cl)c(C)c1. The zero-order valence-electron chi connectivity index (χ0n) is 17.6. The van der Waals surface area contributed by atoms with E-state index in [0.29, 0.717) is 18.1 Å². The lowest BCUT2D eigenvalue weighted by Gasteiger charge is -2.13. The van der Waals surface area contributed by atoms with E-state index >= 15 is 0 Å². The van der Waals surface area contributed by atoms with Gasteiger partial charge in [-0.15, -0.1) is 0 Å². The molecule has 1 aromatic heterocycles. The molecule has 2 aromatic carbocycles. The number of hydrazone groups is 1. The number of carbonyl (C=O) groups is 1. The Morgan fingerprint density at radius 3 is 2.61 bits per heavy atom. The van der Waals surface area contributed by atoms with E-state index in [1.807, 2.05) is 44.2 Å². The summed E-state index contributed by atoms with van der Waals surface area (Å²) in [5.74, 6) is 1.07. The molecule has 0 fully saturated rings. The quantitative estimate of drug-likeness (QED) is 0.263. The van der Waals surface area contributed by atoms with Crippen molar-refractivity contribution < 1.29 is 14.3 Å². The van der Waals surface area contributed by atoms with Crippen LogP contribution in [0.3, 0.4) is 0 Å². The molecule has 0 unspecified atom stereocenters. The summed E-state index contributed by atoms with van der Waals surface area (Å²) in [6.45, 7) is 4.20. The maximum absolute atomic E-state index is 12.2. The molecule has 0 saturated carbocycles. The van der Waals surface area contributed by atoms with E-state index in [2.05, 4.69) is 38.2 Å². The molecule has 0 radical (unpaired) electrons. The summed E-state index contributed by atoms with van der Waals surface area (Å²) in [5.41, 5.74) is 6.39. The predicted octanol–water partition coefficient (Wildman–Crippen LogP) is 4.65. The van der Waals surface area contributed by atoms with Gasteiger partial charge in [0.1, 0.15) is 18.1 Å². The van der Waals surface area contributed by atoms with Crippen LogP contribution in [0, 0.1) is 17.4 Å². The van der Waals surface area contributed by atoms with Gasteiger partial charge >= 0.3 is 0 Å². The summed E-state index contributed by atoms with van der Waals surface area (Å²) in [5, 5.41) is 8.91. The van der Waals surface area contributed by atoms with Gasteiger partial charge in [-0.05, 0) is 83.5 Å². The molecule has 0 atom stereocenters. The Labute approximate surface area is 199 Å². The van der Waals surface area contributed by atoms with E-state index in [0.717, 1.165) is 36.6 Å². The second-order valence-corrected chi connectivity index (χ2v) is 8.47. The second kappa shape index (κ2) is 10.1. The molecular formula is C22H22ClIN4O3. The summed E-state index contributed by atoms with van der Waals surface area (Å²) in [6, 6.07) is 9.39. The topological polar surface area (TPSA) is 77.7 Å². The second-order valence-electron chi connectivity index (χ2n) is 6.93. The van der Waals surface area contributed by atoms with E-state index in [1.54, 1.807) is 31.3 Å². The fourth-order valence-corrected chi connectivity index (χ4v) is 3.84. The van der Waals surface area contributed by atoms with Crippen molar-refractivity contribution in [1.82, 2.24) is 15.2 Å². The maximum atomic E-state index is 12.2. The molecule has 3 rings (SSSR count). The molecule has 0 spiro atoms. The van der Waals surface area contributed by atoms with Crippen LogP contribution < -0.4 is 14.9 Å². The van der Waals surface area contributed by atoms with Gasteiger partial charge in [0.15, 0.2) is 5.69 Å². The number of amides is 1. The molecule has 31 heavy (non-hydrogen) atoms. The highest BCUT2D eigenvalue weighted by molar-refractivity contribution is 14.1. The van der Waals surface area contributed by atoms with Gasteiger partial charge in [0.05, 0.1) is 16.9 Å². The van der Waals surface area contributed by atoms with Gasteiger partial charge in [-0.2, -0.15) is 10.2 Å². The summed E-state index contributed by atoms with van der Waals surface area (Å²) >= 11 is 8.29. The number of hydrogen-bond donors (Lipinski definition) is 1. The number of nitrogens with zero attached hydrogens (tertiary/aromatic N) is 3. The average Bonchev–Trinajstić information content (AvgIpc) is 3.08. The number of methoxy groups -OCH3 is 1. The molecule has 1 N–H and O–H groups in total. The molecule has 0 bridgehead atoms. The zero-order chi connectivity index (χ0) is 22.5. The minimum Gasteiger partial charge on any atom is -0.496 e. The Hall–Kier alpha value is -2.59. The van der Waals surface area contributed by atoms with Gasteiger partial charge < -0.3 is 9.47 Å². The number of carbonyl (C=O) groups excluding carboxylic acids is 1. The number of nitrogens with one attached hydrogen (secondary N) is 1. The minimum atomic E-state index is -0.369. The van der Waals surface area contributed by atoms with Crippen LogP contribution >= 0.6 is 34.2 Å². The summed E-state index contributed by atoms with van der Waals surface area (Å²) in [7, 11) is 3.37. The molecule has 0 aliphatic carbocycles. The molecule has 0 aliphatic heterocycles. The van der Waals surface area contributed by atoms with Crippen LogP contribution in [0.5, 0.6) is 11.5 Å². The van der Waals surface area contributed by atoms with Crippen molar-refractivity contribution in [2.24, 2.45) is 12.1 Å². The highest BCUT2D eigenvalue weighted by Crippen LogP contribution is 2.27. The van der Waals surface area contributed by atoms with Crippen LogP contribution in [0.25, 0.3) is 0 Å². The number of ether oxygens (including phenoxy) is 2. The van der Waals surface area contributed by atoms with Crippen LogP contribution in [0.1, 0.15) is 32.7 Å². The fraction of sp³-hybridized carbons (Fsp3) is 0.227. The number of rotatable bonds is 7. The van der Waals surface area contributed by atoms with Gasteiger partial charge in [0.2, 0.25) is 0 Å². The van der Waals surface area contributed by atoms with Crippen molar-refractivity contribution in [3.05, 3.63) is 73.1 Å². The lowest BCUT2D eigenvalue weighted by Crippen LogP contribution is -2.19. The van der Waals surface area contributed by atoms with Crippen molar-refractivity contribution in [1.29, 1.82) is 0 Å². The van der Waals surface area contributed by atoms with Crippen LogP contribution in [0.2, 0.25) is 5.02 Å². The lowest BCUT2D eigenvalue weighted by atomic mass is 10.1. The van der Waals surface area contributed by atoms with Crippen LogP contribution in [0.15, 0.2) is 41.6 Å². The van der Waals surface area contributed by atoms with Crippen LogP contribution in [-0.4, -0.2) is 29.0 Å². The van der Waals surface area contributed by atoms with Crippen molar-refractivity contribution in [2.75, 3.05) is 7.11 Å². The largest absolute Gasteiger partial charge is 0.496 e. The molecule has 162 valence electrons. The molecule has 7 nitrogen and oxygen atoms in total. The summed E-state index contributed by atoms with van der Waals surface area (Å²) in [4.78, 5) is 12.2. The third-order valence-corrected chi connectivity index (χ3v) is 5.87. The first kappa shape index (κ1) is 23.1. The Morgan fingerprint density at radius 2 is 2.00 bits per heavy atom. The molecule has 0 aliphatic rings. The van der Waals surface area contributed by atoms with Crippen molar-refractivity contribution in [3.8, 4) is 11.5 Å². The van der Waals surface area contributed by atoms with Gasteiger partial charge in [0.25, 0.3) is 5.91 Å². The van der Waals surface area contributed by atoms with E-state index in [1.165, 1.54) is 0 Å². The number of hydrogen-bond acceptors (Lipinski definition) is 5. The minimum absolute atomic E-state index is 0.309. The predicted molar refractivity (Wildman–Crippen MR) is 129 cm³/mol. The Bertz CT molecular complexity index is 1120. The Morgan fingerprint density at radius 1 is 1.29 bits per heavy atom. The zero-order valence-corrected chi connectivity index (χ0v) is 20.5. The van der Waals surface area contributed by atoms with Gasteiger partial charge in [-0.25, -0.2) is 5.43 Å². The highest BCUT2D eigenvalue weighted by Gasteiger charge is 2.13. The number of halogens is 2. The average molecular weight is 553 g/mol. The number of aryl methyl sites for hydroxylation is 3. The first-order valence-electron chi connectivity index (χ1n) is 9.37. The molecule has 1 amide bonds. The van der Waals surface area contributed by atoms with E-state index in [4.69, 9.17) is 21.1 Å². The third kappa shape index (κ3) is 5.76. The van der Waals surface area contributed by atoms with Crippen molar-refractivity contribution in [3.63, 3.8) is 0 Å². The highest BCUT2D eigenvalue weighted by atomic mass is 127. The first-order valence-corrected chi connectivity index (χ1v) is 10.8. The van der Waals surface area contributed by atoms with Gasteiger partial charge in [-0.3, -0.25) is 9.48 Å². The van der Waals surface area contributed by atoms with E-state index in [-0.39, 0.29) is 5.91 Å². The van der Waals surface area contributed by atoms with Gasteiger partial charge in [0, 0.05) is 23.8 Å². The fourth-order valence-electron chi connectivity index (χ4n) is 2.97. The van der Waals surface area contributed by atoms with Crippen molar-refractivity contribution in [2.45, 2.75) is 20.5 Å². The van der Waals surface area contributed by atoms with Gasteiger partial charge in [-0.1, -0.05) is 11.6 Å². The first-order chi connectivity index (χ1) is 14.8.